The van der Waals surface area contributed by atoms with Gasteiger partial charge >= 0.3 is 0 Å². The first kappa shape index (κ1) is 22.5. The summed E-state index contributed by atoms with van der Waals surface area (Å²) in [5.41, 5.74) is 2.68. The Labute approximate surface area is 183 Å². The van der Waals surface area contributed by atoms with Crippen LogP contribution in [0, 0.1) is 6.92 Å². The zero-order valence-electron chi connectivity index (χ0n) is 17.5. The third kappa shape index (κ3) is 5.10. The van der Waals surface area contributed by atoms with Gasteiger partial charge in [0.25, 0.3) is 11.5 Å². The number of carbonyl (C=O) groups excluding carboxylic acids is 1. The molecule has 1 amide bonds. The molecule has 0 radical (unpaired) electrons. The summed E-state index contributed by atoms with van der Waals surface area (Å²) in [6.45, 7) is 1.19. The van der Waals surface area contributed by atoms with Crippen molar-refractivity contribution < 1.29 is 15.0 Å². The van der Waals surface area contributed by atoms with Crippen molar-refractivity contribution in [3.8, 4) is 10.4 Å². The molecule has 3 aromatic heterocycles. The number of thiophene rings is 1. The number of aliphatic hydroxyl groups is 2. The third-order valence-electron chi connectivity index (χ3n) is 4.57. The maximum atomic E-state index is 12.7. The van der Waals surface area contributed by atoms with E-state index in [-0.39, 0.29) is 24.3 Å². The Morgan fingerprint density at radius 3 is 2.61 bits per heavy atom. The number of aryl methyl sites for hydroxylation is 1. The normalized spacial score (nSPS) is 10.9. The van der Waals surface area contributed by atoms with Crippen LogP contribution in [0.2, 0.25) is 0 Å². The van der Waals surface area contributed by atoms with E-state index in [9.17, 15) is 19.8 Å². The third-order valence-corrected chi connectivity index (χ3v) is 5.66. The monoisotopic (exact) mass is 443 g/mol. The molecule has 0 fully saturated rings. The number of aromatic amines is 1. The number of hydrogen-bond acceptors (Lipinski definition) is 8. The summed E-state index contributed by atoms with van der Waals surface area (Å²) in [6.07, 6.45) is 2.94. The first-order valence-corrected chi connectivity index (χ1v) is 10.5. The second-order valence-corrected chi connectivity index (χ2v) is 8.15. The molecule has 0 bridgehead atoms. The summed E-state index contributed by atoms with van der Waals surface area (Å²) in [4.78, 5) is 34.9. The number of anilines is 3. The molecule has 0 saturated carbocycles. The molecule has 0 atom stereocenters. The minimum Gasteiger partial charge on any atom is -0.394 e. The number of H-pyrrole nitrogens is 1. The fraction of sp³-hybridized carbons (Fsp3) is 0.286. The zero-order valence-corrected chi connectivity index (χ0v) is 18.3. The van der Waals surface area contributed by atoms with Gasteiger partial charge in [-0.2, -0.15) is 0 Å². The number of aromatic nitrogens is 2. The number of amides is 1. The summed E-state index contributed by atoms with van der Waals surface area (Å²) in [5, 5.41) is 26.3. The van der Waals surface area contributed by atoms with E-state index in [0.29, 0.717) is 22.8 Å². The highest BCUT2D eigenvalue weighted by atomic mass is 32.1. The first-order chi connectivity index (χ1) is 14.8. The van der Waals surface area contributed by atoms with E-state index in [0.717, 1.165) is 10.4 Å². The van der Waals surface area contributed by atoms with E-state index in [1.807, 2.05) is 18.4 Å². The Balaban J connectivity index is 2.02. The van der Waals surface area contributed by atoms with Crippen molar-refractivity contribution in [2.24, 2.45) is 0 Å². The van der Waals surface area contributed by atoms with Crippen molar-refractivity contribution in [1.82, 2.24) is 15.3 Å². The summed E-state index contributed by atoms with van der Waals surface area (Å²) >= 11 is 1.48. The van der Waals surface area contributed by atoms with E-state index in [1.165, 1.54) is 17.5 Å². The van der Waals surface area contributed by atoms with Gasteiger partial charge in [-0.3, -0.25) is 14.6 Å². The van der Waals surface area contributed by atoms with Gasteiger partial charge in [0.1, 0.15) is 5.82 Å². The van der Waals surface area contributed by atoms with Crippen LogP contribution in [0.5, 0.6) is 0 Å². The first-order valence-electron chi connectivity index (χ1n) is 9.57. The van der Waals surface area contributed by atoms with Crippen molar-refractivity contribution in [1.29, 1.82) is 0 Å². The van der Waals surface area contributed by atoms with Gasteiger partial charge in [0.15, 0.2) is 0 Å². The number of nitrogens with one attached hydrogen (secondary N) is 3. The van der Waals surface area contributed by atoms with Gasteiger partial charge in [-0.1, -0.05) is 0 Å². The van der Waals surface area contributed by atoms with Crippen molar-refractivity contribution in [3.05, 3.63) is 57.5 Å². The molecule has 0 aliphatic heterocycles. The highest BCUT2D eigenvalue weighted by molar-refractivity contribution is 7.13. The van der Waals surface area contributed by atoms with Crippen LogP contribution in [0.25, 0.3) is 10.4 Å². The minimum atomic E-state index is -0.778. The van der Waals surface area contributed by atoms with Crippen molar-refractivity contribution in [3.63, 3.8) is 0 Å². The molecule has 31 heavy (non-hydrogen) atoms. The molecule has 9 nitrogen and oxygen atoms in total. The maximum absolute atomic E-state index is 12.7. The topological polar surface area (TPSA) is 131 Å². The van der Waals surface area contributed by atoms with Gasteiger partial charge in [-0.25, -0.2) is 0 Å². The highest BCUT2D eigenvalue weighted by Crippen LogP contribution is 2.32. The molecule has 0 aliphatic carbocycles. The van der Waals surface area contributed by atoms with Crippen LogP contribution in [-0.4, -0.2) is 59.4 Å². The maximum Gasteiger partial charge on any atom is 0.258 e. The summed E-state index contributed by atoms with van der Waals surface area (Å²) in [6, 6.07) is 4.57. The second kappa shape index (κ2) is 9.73. The predicted octanol–water partition coefficient (Wildman–Crippen LogP) is 1.70. The van der Waals surface area contributed by atoms with Gasteiger partial charge < -0.3 is 30.7 Å². The fourth-order valence-electron chi connectivity index (χ4n) is 2.97. The summed E-state index contributed by atoms with van der Waals surface area (Å²) in [5.74, 6) is 0.0578. The van der Waals surface area contributed by atoms with Crippen LogP contribution in [0.1, 0.15) is 15.9 Å². The molecule has 5 N–H and O–H groups in total. The van der Waals surface area contributed by atoms with Crippen LogP contribution in [0.15, 0.2) is 40.8 Å². The summed E-state index contributed by atoms with van der Waals surface area (Å²) in [7, 11) is 3.61. The Bertz CT molecular complexity index is 1120. The van der Waals surface area contributed by atoms with E-state index < -0.39 is 11.9 Å². The molecule has 164 valence electrons. The van der Waals surface area contributed by atoms with Crippen LogP contribution in [0.4, 0.5) is 17.2 Å². The number of nitrogens with zero attached hydrogens (tertiary/aromatic N) is 2. The molecule has 3 rings (SSSR count). The van der Waals surface area contributed by atoms with E-state index in [4.69, 9.17) is 0 Å². The van der Waals surface area contributed by atoms with Crippen LogP contribution in [-0.2, 0) is 0 Å². The van der Waals surface area contributed by atoms with Crippen molar-refractivity contribution in [2.75, 3.05) is 37.5 Å². The van der Waals surface area contributed by atoms with Crippen LogP contribution < -0.4 is 21.1 Å². The lowest BCUT2D eigenvalue weighted by molar-refractivity contribution is 0.0880. The van der Waals surface area contributed by atoms with Crippen molar-refractivity contribution >= 4 is 34.4 Å². The van der Waals surface area contributed by atoms with Gasteiger partial charge in [-0.05, 0) is 36.1 Å². The molecule has 10 heteroatoms. The molecular formula is C21H25N5O4S. The SMILES string of the molecule is Cc1csc(-c2cc(Nc3ccncc3C(=O)NC(CO)CO)c(N(C)C)[nH]c2=O)c1. The Hall–Kier alpha value is -3.21. The van der Waals surface area contributed by atoms with E-state index >= 15 is 0 Å². The van der Waals surface area contributed by atoms with E-state index in [1.54, 1.807) is 37.3 Å². The van der Waals surface area contributed by atoms with Crippen LogP contribution >= 0.6 is 11.3 Å². The lowest BCUT2D eigenvalue weighted by Gasteiger charge is -2.20. The highest BCUT2D eigenvalue weighted by Gasteiger charge is 2.18. The molecule has 3 aromatic rings. The number of pyridine rings is 2. The Morgan fingerprint density at radius 1 is 1.26 bits per heavy atom. The average molecular weight is 444 g/mol. The van der Waals surface area contributed by atoms with Gasteiger partial charge in [0.05, 0.1) is 41.8 Å². The molecule has 0 aromatic carbocycles. The number of carbonyl (C=O) groups is 1. The molecule has 0 unspecified atom stereocenters. The standard InChI is InChI=1S/C21H25N5O4S/c1-12-6-18(31-11-12)14-7-17(19(26(2)3)25-20(14)29)24-16-4-5-22-8-15(16)21(30)23-13(9-27)10-28/h4-8,11,13,27-28H,9-10H2,1-3H3,(H,22,24)(H,23,30)(H,25,29). The number of hydrogen-bond donors (Lipinski definition) is 5. The minimum absolute atomic E-state index is 0.211. The lowest BCUT2D eigenvalue weighted by Crippen LogP contribution is -2.40. The second-order valence-electron chi connectivity index (χ2n) is 7.24. The molecule has 0 spiro atoms. The molecular weight excluding hydrogens is 418 g/mol. The van der Waals surface area contributed by atoms with Gasteiger partial charge in [0, 0.05) is 31.4 Å². The quantitative estimate of drug-likeness (QED) is 0.358. The number of aliphatic hydroxyl groups excluding tert-OH is 2. The van der Waals surface area contributed by atoms with Gasteiger partial charge in [-0.15, -0.1) is 11.3 Å². The van der Waals surface area contributed by atoms with Crippen LogP contribution in [0.3, 0.4) is 0 Å². The van der Waals surface area contributed by atoms with E-state index in [2.05, 4.69) is 20.6 Å². The average Bonchev–Trinajstić information content (AvgIpc) is 3.19. The smallest absolute Gasteiger partial charge is 0.258 e. The largest absolute Gasteiger partial charge is 0.394 e. The van der Waals surface area contributed by atoms with Gasteiger partial charge in [0.2, 0.25) is 0 Å². The predicted molar refractivity (Wildman–Crippen MR) is 122 cm³/mol. The summed E-state index contributed by atoms with van der Waals surface area (Å²) < 4.78 is 0. The Kier molecular flexibility index (Phi) is 7.06. The Morgan fingerprint density at radius 2 is 2.00 bits per heavy atom. The fourth-order valence-corrected chi connectivity index (χ4v) is 3.88. The molecule has 0 saturated heterocycles. The zero-order chi connectivity index (χ0) is 22.5. The molecule has 3 heterocycles. The number of rotatable bonds is 8. The lowest BCUT2D eigenvalue weighted by atomic mass is 10.1. The van der Waals surface area contributed by atoms with Crippen molar-refractivity contribution in [2.45, 2.75) is 13.0 Å². The molecule has 0 aliphatic rings.